The Balaban J connectivity index is 4.39. The van der Waals surface area contributed by atoms with Gasteiger partial charge in [0.25, 0.3) is 0 Å². The number of hydrogen-bond acceptors (Lipinski definition) is 4. The van der Waals surface area contributed by atoms with E-state index in [0.717, 1.165) is 0 Å². The van der Waals surface area contributed by atoms with Crippen molar-refractivity contribution >= 4 is 21.2 Å². The van der Waals surface area contributed by atoms with Gasteiger partial charge < -0.3 is 4.55 Å². The molecule has 4 nitrogen and oxygen atoms in total. The first-order valence-electron chi connectivity index (χ1n) is 5.53. The zero-order valence-corrected chi connectivity index (χ0v) is 12.7. The lowest BCUT2D eigenvalue weighted by atomic mass is 10.2. The van der Waals surface area contributed by atoms with Crippen LogP contribution in [0.15, 0.2) is 12.7 Å². The summed E-state index contributed by atoms with van der Waals surface area (Å²) in [5.74, 6) is 0.0971. The highest BCUT2D eigenvalue weighted by molar-refractivity contribution is 7.91. The summed E-state index contributed by atoms with van der Waals surface area (Å²) in [4.78, 5) is 0. The van der Waals surface area contributed by atoms with E-state index in [1.165, 1.54) is 6.26 Å². The number of sulfone groups is 1. The molecule has 0 bridgehead atoms. The molecule has 0 rings (SSSR count). The molecule has 6 heteroatoms. The zero-order chi connectivity index (χ0) is 13.7. The molecule has 0 aromatic carbocycles. The third kappa shape index (κ3) is 8.65. The van der Waals surface area contributed by atoms with Crippen LogP contribution in [0.1, 0.15) is 33.6 Å². The maximum atomic E-state index is 11.9. The topological polar surface area (TPSA) is 69.2 Å². The van der Waals surface area contributed by atoms with Crippen molar-refractivity contribution in [3.8, 4) is 0 Å². The monoisotopic (exact) mass is 281 g/mol. The highest BCUT2D eigenvalue weighted by atomic mass is 32.2. The van der Waals surface area contributed by atoms with E-state index >= 15 is 0 Å². The van der Waals surface area contributed by atoms with Crippen LogP contribution in [0.2, 0.25) is 0 Å². The molecule has 17 heavy (non-hydrogen) atoms. The molecule has 0 spiro atoms. The molecule has 0 aliphatic heterocycles. The molecule has 0 aromatic heterocycles. The van der Waals surface area contributed by atoms with E-state index in [1.54, 1.807) is 6.08 Å². The van der Waals surface area contributed by atoms with Crippen molar-refractivity contribution in [2.75, 3.05) is 12.0 Å². The Morgan fingerprint density at radius 2 is 2.00 bits per heavy atom. The summed E-state index contributed by atoms with van der Waals surface area (Å²) < 4.78 is 36.7. The highest BCUT2D eigenvalue weighted by Crippen LogP contribution is 2.15. The molecule has 0 unspecified atom stereocenters. The van der Waals surface area contributed by atoms with Crippen LogP contribution in [0.4, 0.5) is 0 Å². The van der Waals surface area contributed by atoms with Crippen molar-refractivity contribution in [1.29, 1.82) is 0 Å². The van der Waals surface area contributed by atoms with Crippen molar-refractivity contribution in [3.05, 3.63) is 12.7 Å². The lowest BCUT2D eigenvalue weighted by Gasteiger charge is -2.27. The van der Waals surface area contributed by atoms with Crippen LogP contribution in [0.5, 0.6) is 0 Å². The Kier molecular flexibility index (Phi) is 6.76. The number of nitrogens with one attached hydrogen (secondary N) is 1. The second-order valence-corrected chi connectivity index (χ2v) is 9.40. The summed E-state index contributed by atoms with van der Waals surface area (Å²) in [6, 6.07) is -0.109. The molecule has 0 aliphatic rings. The van der Waals surface area contributed by atoms with Gasteiger partial charge in [-0.2, -0.15) is 0 Å². The van der Waals surface area contributed by atoms with Gasteiger partial charge in [-0.15, -0.1) is 11.3 Å². The first-order valence-corrected chi connectivity index (χ1v) is 8.74. The minimum Gasteiger partial charge on any atom is -0.598 e. The van der Waals surface area contributed by atoms with Crippen molar-refractivity contribution in [1.82, 2.24) is 4.72 Å². The average Bonchev–Trinajstić information content (AvgIpc) is 2.11. The van der Waals surface area contributed by atoms with E-state index in [9.17, 15) is 13.0 Å². The molecule has 0 saturated heterocycles. The second-order valence-electron chi connectivity index (χ2n) is 5.14. The molecular formula is C11H23NO3S2. The summed E-state index contributed by atoms with van der Waals surface area (Å²) in [6.45, 7) is 9.24. The Labute approximate surface area is 108 Å². The van der Waals surface area contributed by atoms with Crippen molar-refractivity contribution in [2.24, 2.45) is 0 Å². The smallest absolute Gasteiger partial charge is 0.147 e. The fraction of sp³-hybridized carbons (Fsp3) is 0.818. The van der Waals surface area contributed by atoms with Gasteiger partial charge >= 0.3 is 0 Å². The number of rotatable bonds is 7. The summed E-state index contributed by atoms with van der Waals surface area (Å²) in [5.41, 5.74) is 0. The third-order valence-electron chi connectivity index (χ3n) is 2.12. The van der Waals surface area contributed by atoms with Crippen molar-refractivity contribution < 1.29 is 13.0 Å². The van der Waals surface area contributed by atoms with Crippen molar-refractivity contribution in [2.45, 2.75) is 44.4 Å². The van der Waals surface area contributed by atoms with E-state index in [0.29, 0.717) is 12.8 Å². The summed E-state index contributed by atoms with van der Waals surface area (Å²) in [7, 11) is -2.98. The van der Waals surface area contributed by atoms with Crippen LogP contribution in [0, 0.1) is 0 Å². The standard InChI is InChI=1S/C11H23NO3S2/c1-6-7-10(8-9-17(5,14)15)12-16(13)11(2,3)4/h6,10,12H,1,7-9H2,2-5H3/t10-,16+/m1/s1. The quantitative estimate of drug-likeness (QED) is 0.566. The fourth-order valence-corrected chi connectivity index (χ4v) is 2.69. The Morgan fingerprint density at radius 1 is 1.47 bits per heavy atom. The summed E-state index contributed by atoms with van der Waals surface area (Å²) in [6.07, 6.45) is 3.97. The van der Waals surface area contributed by atoms with Gasteiger partial charge in [0.15, 0.2) is 0 Å². The van der Waals surface area contributed by atoms with Crippen LogP contribution in [0.3, 0.4) is 0 Å². The molecule has 1 N–H and O–H groups in total. The van der Waals surface area contributed by atoms with Crippen LogP contribution in [-0.2, 0) is 21.2 Å². The minimum atomic E-state index is -2.98. The molecule has 102 valence electrons. The predicted octanol–water partition coefficient (Wildman–Crippen LogP) is 1.42. The molecule has 2 atom stereocenters. The first-order chi connectivity index (χ1) is 7.56. The number of hydrogen-bond donors (Lipinski definition) is 1. The average molecular weight is 281 g/mol. The Bertz CT molecular complexity index is 333. The Hall–Kier alpha value is -0.0400. The largest absolute Gasteiger partial charge is 0.598 e. The Morgan fingerprint density at radius 3 is 2.35 bits per heavy atom. The molecule has 0 radical (unpaired) electrons. The lowest BCUT2D eigenvalue weighted by Crippen LogP contribution is -2.45. The van der Waals surface area contributed by atoms with Gasteiger partial charge in [-0.05, 0) is 33.6 Å². The van der Waals surface area contributed by atoms with Gasteiger partial charge in [0.1, 0.15) is 14.6 Å². The maximum Gasteiger partial charge on any atom is 0.147 e. The van der Waals surface area contributed by atoms with E-state index < -0.39 is 21.2 Å². The van der Waals surface area contributed by atoms with E-state index in [1.807, 2.05) is 20.8 Å². The molecule has 0 aliphatic carbocycles. The predicted molar refractivity (Wildman–Crippen MR) is 74.0 cm³/mol. The van der Waals surface area contributed by atoms with Gasteiger partial charge in [-0.25, -0.2) is 8.42 Å². The van der Waals surface area contributed by atoms with Crippen LogP contribution >= 0.6 is 0 Å². The SMILES string of the molecule is C=CC[C@H](CCS(C)(=O)=O)N[S@@+]([O-])C(C)(C)C. The summed E-state index contributed by atoms with van der Waals surface area (Å²) in [5, 5.41) is 0. The van der Waals surface area contributed by atoms with Gasteiger partial charge in [-0.3, -0.25) is 0 Å². The molecular weight excluding hydrogens is 258 g/mol. The molecule has 0 fully saturated rings. The van der Waals surface area contributed by atoms with E-state index in [2.05, 4.69) is 11.3 Å². The zero-order valence-electron chi connectivity index (χ0n) is 11.0. The summed E-state index contributed by atoms with van der Waals surface area (Å²) >= 11 is -1.19. The fourth-order valence-electron chi connectivity index (χ4n) is 1.11. The van der Waals surface area contributed by atoms with Gasteiger partial charge in [-0.1, -0.05) is 6.08 Å². The molecule has 0 aromatic rings. The first kappa shape index (κ1) is 17.0. The van der Waals surface area contributed by atoms with E-state index in [-0.39, 0.29) is 16.5 Å². The molecule has 0 saturated carbocycles. The lowest BCUT2D eigenvalue weighted by molar-refractivity contribution is 0.511. The van der Waals surface area contributed by atoms with Crippen LogP contribution in [0.25, 0.3) is 0 Å². The van der Waals surface area contributed by atoms with Crippen LogP contribution < -0.4 is 4.72 Å². The van der Waals surface area contributed by atoms with E-state index in [4.69, 9.17) is 0 Å². The highest BCUT2D eigenvalue weighted by Gasteiger charge is 2.29. The van der Waals surface area contributed by atoms with Crippen molar-refractivity contribution in [3.63, 3.8) is 0 Å². The minimum absolute atomic E-state index is 0.0971. The van der Waals surface area contributed by atoms with Gasteiger partial charge in [0.2, 0.25) is 0 Å². The van der Waals surface area contributed by atoms with Gasteiger partial charge in [0, 0.05) is 17.6 Å². The maximum absolute atomic E-state index is 11.9. The second kappa shape index (κ2) is 6.78. The molecule has 0 amide bonds. The van der Waals surface area contributed by atoms with Crippen LogP contribution in [-0.4, -0.2) is 35.8 Å². The van der Waals surface area contributed by atoms with Gasteiger partial charge in [0.05, 0.1) is 11.8 Å². The normalized spacial score (nSPS) is 16.5. The third-order valence-corrected chi connectivity index (χ3v) is 4.76. The molecule has 0 heterocycles.